The molecule has 0 radical (unpaired) electrons. The van der Waals surface area contributed by atoms with E-state index in [1.807, 2.05) is 6.92 Å². The van der Waals surface area contributed by atoms with Crippen molar-refractivity contribution in [2.24, 2.45) is 0 Å². The van der Waals surface area contributed by atoms with E-state index in [1.54, 1.807) is 0 Å². The fourth-order valence-electron chi connectivity index (χ4n) is 1.80. The summed E-state index contributed by atoms with van der Waals surface area (Å²) in [4.78, 5) is 22.3. The van der Waals surface area contributed by atoms with Gasteiger partial charge in [-0.05, 0) is 20.3 Å². The molecule has 0 aliphatic carbocycles. The van der Waals surface area contributed by atoms with Gasteiger partial charge in [0.05, 0.1) is 5.76 Å². The fraction of sp³-hybridized carbons (Fsp3) is 0.667. The first kappa shape index (κ1) is 12.0. The molecule has 1 unspecified atom stereocenters. The molecule has 3 heteroatoms. The summed E-state index contributed by atoms with van der Waals surface area (Å²) in [6, 6.07) is 0. The molecule has 1 fully saturated rings. The summed E-state index contributed by atoms with van der Waals surface area (Å²) in [5.74, 6) is 0.921. The highest BCUT2D eigenvalue weighted by atomic mass is 16.5. The van der Waals surface area contributed by atoms with Crippen molar-refractivity contribution in [3.05, 3.63) is 12.3 Å². The minimum atomic E-state index is -0.384. The van der Waals surface area contributed by atoms with Gasteiger partial charge in [0.25, 0.3) is 0 Å². The Kier molecular flexibility index (Phi) is 3.66. The van der Waals surface area contributed by atoms with E-state index in [0.29, 0.717) is 19.3 Å². The smallest absolute Gasteiger partial charge is 0.137 e. The molecule has 0 saturated carbocycles. The van der Waals surface area contributed by atoms with Crippen LogP contribution in [0.3, 0.4) is 0 Å². The van der Waals surface area contributed by atoms with Crippen LogP contribution in [0.5, 0.6) is 0 Å². The Balaban J connectivity index is 2.37. The Morgan fingerprint density at radius 3 is 2.60 bits per heavy atom. The molecular formula is C12H18O3. The van der Waals surface area contributed by atoms with Gasteiger partial charge in [-0.25, -0.2) is 0 Å². The normalized spacial score (nSPS) is 25.1. The van der Waals surface area contributed by atoms with Crippen LogP contribution in [-0.2, 0) is 14.3 Å². The zero-order valence-corrected chi connectivity index (χ0v) is 9.47. The number of carbonyl (C=O) groups is 2. The molecule has 0 aromatic heterocycles. The van der Waals surface area contributed by atoms with E-state index in [0.717, 1.165) is 18.6 Å². The van der Waals surface area contributed by atoms with E-state index in [4.69, 9.17) is 4.74 Å². The van der Waals surface area contributed by atoms with Crippen LogP contribution >= 0.6 is 0 Å². The molecule has 1 rings (SSSR count). The Bertz CT molecular complexity index is 293. The van der Waals surface area contributed by atoms with Crippen LogP contribution in [0.1, 0.15) is 46.0 Å². The van der Waals surface area contributed by atoms with Gasteiger partial charge in [-0.1, -0.05) is 6.58 Å². The van der Waals surface area contributed by atoms with Crippen LogP contribution in [0.4, 0.5) is 0 Å². The average Bonchev–Trinajstić information content (AvgIpc) is 2.42. The average molecular weight is 210 g/mol. The number of ether oxygens (including phenoxy) is 1. The molecule has 3 nitrogen and oxygen atoms in total. The summed E-state index contributed by atoms with van der Waals surface area (Å²) in [6.45, 7) is 7.17. The number of hydrogen-bond acceptors (Lipinski definition) is 3. The van der Waals surface area contributed by atoms with Crippen LogP contribution in [0, 0.1) is 0 Å². The van der Waals surface area contributed by atoms with Gasteiger partial charge in [0.1, 0.15) is 17.2 Å². The maximum Gasteiger partial charge on any atom is 0.137 e. The number of Topliss-reactive ketones (excluding diaryl/α,β-unsaturated/α-hetero) is 2. The van der Waals surface area contributed by atoms with Gasteiger partial charge in [0.2, 0.25) is 0 Å². The van der Waals surface area contributed by atoms with Crippen molar-refractivity contribution in [1.82, 2.24) is 0 Å². The first-order valence-corrected chi connectivity index (χ1v) is 5.29. The van der Waals surface area contributed by atoms with Crippen LogP contribution in [0.2, 0.25) is 0 Å². The topological polar surface area (TPSA) is 43.4 Å². The van der Waals surface area contributed by atoms with Gasteiger partial charge in [-0.2, -0.15) is 0 Å². The van der Waals surface area contributed by atoms with Crippen molar-refractivity contribution in [3.63, 3.8) is 0 Å². The van der Waals surface area contributed by atoms with E-state index in [1.165, 1.54) is 6.92 Å². The van der Waals surface area contributed by atoms with Crippen molar-refractivity contribution in [1.29, 1.82) is 0 Å². The summed E-state index contributed by atoms with van der Waals surface area (Å²) in [5, 5.41) is 0. The molecule has 0 aromatic rings. The zero-order chi connectivity index (χ0) is 11.5. The highest BCUT2D eigenvalue weighted by molar-refractivity contribution is 5.85. The maximum atomic E-state index is 11.6. The first-order valence-electron chi connectivity index (χ1n) is 5.29. The highest BCUT2D eigenvalue weighted by Gasteiger charge is 2.34. The molecular weight excluding hydrogens is 192 g/mol. The Labute approximate surface area is 90.5 Å². The van der Waals surface area contributed by atoms with Gasteiger partial charge in [0, 0.05) is 25.7 Å². The third-order valence-electron chi connectivity index (χ3n) is 2.65. The Morgan fingerprint density at radius 2 is 2.13 bits per heavy atom. The zero-order valence-electron chi connectivity index (χ0n) is 9.47. The Morgan fingerprint density at radius 1 is 1.47 bits per heavy atom. The fourth-order valence-corrected chi connectivity index (χ4v) is 1.80. The quantitative estimate of drug-likeness (QED) is 0.699. The molecule has 84 valence electrons. The van der Waals surface area contributed by atoms with Crippen molar-refractivity contribution in [2.45, 2.75) is 51.6 Å². The summed E-state index contributed by atoms with van der Waals surface area (Å²) in [6.07, 6.45) is 2.74. The lowest BCUT2D eigenvalue weighted by Gasteiger charge is -2.22. The molecule has 1 aliphatic rings. The van der Waals surface area contributed by atoms with Gasteiger partial charge in [-0.15, -0.1) is 0 Å². The van der Waals surface area contributed by atoms with Crippen molar-refractivity contribution in [2.75, 3.05) is 0 Å². The third kappa shape index (κ3) is 3.86. The molecule has 0 amide bonds. The molecule has 0 spiro atoms. The predicted octanol–water partition coefficient (Wildman–Crippen LogP) is 2.40. The molecule has 1 aliphatic heterocycles. The van der Waals surface area contributed by atoms with E-state index in [-0.39, 0.29) is 17.2 Å². The molecule has 0 aromatic carbocycles. The molecule has 1 atom stereocenters. The van der Waals surface area contributed by atoms with Gasteiger partial charge < -0.3 is 9.53 Å². The molecule has 1 saturated heterocycles. The first-order chi connectivity index (χ1) is 6.91. The predicted molar refractivity (Wildman–Crippen MR) is 57.4 cm³/mol. The van der Waals surface area contributed by atoms with E-state index in [2.05, 4.69) is 6.58 Å². The van der Waals surface area contributed by atoms with Crippen LogP contribution in [0.15, 0.2) is 12.3 Å². The van der Waals surface area contributed by atoms with E-state index < -0.39 is 0 Å². The lowest BCUT2D eigenvalue weighted by molar-refractivity contribution is -0.126. The molecule has 1 heterocycles. The lowest BCUT2D eigenvalue weighted by atomic mass is 9.94. The number of rotatable bonds is 5. The highest BCUT2D eigenvalue weighted by Crippen LogP contribution is 2.34. The van der Waals surface area contributed by atoms with Gasteiger partial charge >= 0.3 is 0 Å². The molecule has 0 N–H and O–H groups in total. The van der Waals surface area contributed by atoms with Crippen LogP contribution in [0.25, 0.3) is 0 Å². The van der Waals surface area contributed by atoms with Crippen molar-refractivity contribution < 1.29 is 14.3 Å². The third-order valence-corrected chi connectivity index (χ3v) is 2.65. The lowest BCUT2D eigenvalue weighted by Crippen LogP contribution is -2.26. The second-order valence-electron chi connectivity index (χ2n) is 4.51. The van der Waals surface area contributed by atoms with Crippen molar-refractivity contribution >= 4 is 11.6 Å². The monoisotopic (exact) mass is 210 g/mol. The minimum Gasteiger partial charge on any atom is -0.492 e. The molecule has 0 bridgehead atoms. The number of allylic oxidation sites excluding steroid dienone is 1. The van der Waals surface area contributed by atoms with E-state index >= 15 is 0 Å². The SMILES string of the molecule is C=C1CCC(C)(CC(=O)CCC(C)=O)O1. The van der Waals surface area contributed by atoms with Crippen LogP contribution < -0.4 is 0 Å². The Hall–Kier alpha value is -1.12. The summed E-state index contributed by atoms with van der Waals surface area (Å²) in [7, 11) is 0. The van der Waals surface area contributed by atoms with Crippen molar-refractivity contribution in [3.8, 4) is 0 Å². The largest absolute Gasteiger partial charge is 0.492 e. The number of ketones is 2. The summed E-state index contributed by atoms with van der Waals surface area (Å²) >= 11 is 0. The number of hydrogen-bond donors (Lipinski definition) is 0. The maximum absolute atomic E-state index is 11.6. The van der Waals surface area contributed by atoms with Gasteiger partial charge in [0.15, 0.2) is 0 Å². The second-order valence-corrected chi connectivity index (χ2v) is 4.51. The minimum absolute atomic E-state index is 0.0604. The summed E-state index contributed by atoms with van der Waals surface area (Å²) < 4.78 is 5.53. The molecule has 15 heavy (non-hydrogen) atoms. The standard InChI is InChI=1S/C12H18O3/c1-9(13)4-5-11(14)8-12(3)7-6-10(2)15-12/h2,4-8H2,1,3H3. The van der Waals surface area contributed by atoms with E-state index in [9.17, 15) is 9.59 Å². The van der Waals surface area contributed by atoms with Crippen LogP contribution in [-0.4, -0.2) is 17.2 Å². The van der Waals surface area contributed by atoms with Gasteiger partial charge in [-0.3, -0.25) is 4.79 Å². The second kappa shape index (κ2) is 4.60. The summed E-state index contributed by atoms with van der Waals surface area (Å²) in [5.41, 5.74) is -0.384. The number of carbonyl (C=O) groups excluding carboxylic acids is 2.